The van der Waals surface area contributed by atoms with Gasteiger partial charge in [-0.25, -0.2) is 19.9 Å². The van der Waals surface area contributed by atoms with E-state index >= 15 is 0 Å². The Kier molecular flexibility index (Phi) is 9.05. The molecule has 0 aliphatic carbocycles. The van der Waals surface area contributed by atoms with Crippen LogP contribution < -0.4 is 0 Å². The van der Waals surface area contributed by atoms with Crippen LogP contribution >= 0.6 is 0 Å². The SMILES string of the molecule is c1ccc(-c2cc(-c3ccccc3)cc(-c3nc(-c4cccc(-c5cccc(-c6cccc7oc(-c8ccccc8)nc67)c5)c4)nc(-c4ccc5c(c4)oc4ccccc45)n3)c2)cc1. The standard InChI is InChI=1S/C58H36N4O2/c1-4-15-37(16-5-1)45-33-46(38-17-6-2-7-18-38)35-47(34-45)57-61-55(60-56(62-57)44-29-30-50-49-25-10-11-27-51(49)63-53(50)36-44)43-24-13-22-41(32-43)40-21-12-23-42(31-40)48-26-14-28-52-54(48)59-58(64-52)39-19-8-3-9-20-39/h1-36H. The third kappa shape index (κ3) is 6.89. The highest BCUT2D eigenvalue weighted by atomic mass is 16.3. The summed E-state index contributed by atoms with van der Waals surface area (Å²) in [5.74, 6) is 2.29. The number of aromatic nitrogens is 4. The van der Waals surface area contributed by atoms with Crippen LogP contribution in [0.4, 0.5) is 0 Å². The number of hydrogen-bond acceptors (Lipinski definition) is 6. The van der Waals surface area contributed by atoms with Crippen molar-refractivity contribution in [1.29, 1.82) is 0 Å². The molecule has 300 valence electrons. The predicted molar refractivity (Wildman–Crippen MR) is 258 cm³/mol. The number of hydrogen-bond donors (Lipinski definition) is 0. The van der Waals surface area contributed by atoms with E-state index in [9.17, 15) is 0 Å². The Labute approximate surface area is 368 Å². The van der Waals surface area contributed by atoms with Gasteiger partial charge >= 0.3 is 0 Å². The molecule has 12 aromatic rings. The van der Waals surface area contributed by atoms with Gasteiger partial charge in [0, 0.05) is 38.6 Å². The lowest BCUT2D eigenvalue weighted by Crippen LogP contribution is -2.01. The van der Waals surface area contributed by atoms with E-state index in [0.717, 1.165) is 99.8 Å². The fourth-order valence-corrected chi connectivity index (χ4v) is 8.57. The molecule has 6 nitrogen and oxygen atoms in total. The van der Waals surface area contributed by atoms with Crippen molar-refractivity contribution < 1.29 is 8.83 Å². The van der Waals surface area contributed by atoms with Gasteiger partial charge in [0.15, 0.2) is 23.1 Å². The first-order valence-corrected chi connectivity index (χ1v) is 21.3. The van der Waals surface area contributed by atoms with Crippen molar-refractivity contribution in [3.05, 3.63) is 218 Å². The van der Waals surface area contributed by atoms with Crippen LogP contribution in [0.2, 0.25) is 0 Å². The summed E-state index contributed by atoms with van der Waals surface area (Å²) in [5, 5.41) is 2.12. The van der Waals surface area contributed by atoms with Crippen molar-refractivity contribution in [3.63, 3.8) is 0 Å². The zero-order valence-corrected chi connectivity index (χ0v) is 34.4. The van der Waals surface area contributed by atoms with Gasteiger partial charge in [0.05, 0.1) is 0 Å². The van der Waals surface area contributed by atoms with E-state index in [1.807, 2.05) is 78.9 Å². The van der Waals surface area contributed by atoms with Gasteiger partial charge in [0.25, 0.3) is 0 Å². The maximum atomic E-state index is 6.34. The van der Waals surface area contributed by atoms with Gasteiger partial charge in [-0.3, -0.25) is 0 Å². The lowest BCUT2D eigenvalue weighted by atomic mass is 9.95. The van der Waals surface area contributed by atoms with E-state index < -0.39 is 0 Å². The third-order valence-electron chi connectivity index (χ3n) is 11.7. The van der Waals surface area contributed by atoms with Gasteiger partial charge in [-0.05, 0) is 106 Å². The van der Waals surface area contributed by atoms with E-state index in [1.165, 1.54) is 0 Å². The van der Waals surface area contributed by atoms with Crippen molar-refractivity contribution in [1.82, 2.24) is 19.9 Å². The minimum Gasteiger partial charge on any atom is -0.456 e. The van der Waals surface area contributed by atoms with Gasteiger partial charge in [-0.2, -0.15) is 0 Å². The number of fused-ring (bicyclic) bond motifs is 4. The van der Waals surface area contributed by atoms with Crippen LogP contribution in [0.1, 0.15) is 0 Å². The zero-order valence-electron chi connectivity index (χ0n) is 34.4. The smallest absolute Gasteiger partial charge is 0.227 e. The molecular weight excluding hydrogens is 785 g/mol. The molecule has 0 radical (unpaired) electrons. The quantitative estimate of drug-likeness (QED) is 0.152. The Morgan fingerprint density at radius 2 is 0.719 bits per heavy atom. The van der Waals surface area contributed by atoms with Crippen molar-refractivity contribution >= 4 is 33.0 Å². The molecule has 6 heteroatoms. The number of nitrogens with zero attached hydrogens (tertiary/aromatic N) is 4. The normalized spacial score (nSPS) is 11.4. The molecule has 0 bridgehead atoms. The van der Waals surface area contributed by atoms with Gasteiger partial charge < -0.3 is 8.83 Å². The monoisotopic (exact) mass is 820 g/mol. The molecule has 3 heterocycles. The largest absolute Gasteiger partial charge is 0.456 e. The van der Waals surface area contributed by atoms with Crippen molar-refractivity contribution in [3.8, 4) is 90.1 Å². The maximum Gasteiger partial charge on any atom is 0.227 e. The van der Waals surface area contributed by atoms with Crippen molar-refractivity contribution in [2.45, 2.75) is 0 Å². The van der Waals surface area contributed by atoms with E-state index in [1.54, 1.807) is 0 Å². The molecule has 0 amide bonds. The zero-order chi connectivity index (χ0) is 42.4. The molecular formula is C58H36N4O2. The molecule has 0 aliphatic rings. The van der Waals surface area contributed by atoms with Crippen LogP contribution in [0.3, 0.4) is 0 Å². The summed E-state index contributed by atoms with van der Waals surface area (Å²) in [7, 11) is 0. The fraction of sp³-hybridized carbons (Fsp3) is 0. The summed E-state index contributed by atoms with van der Waals surface area (Å²) in [6.07, 6.45) is 0. The first-order chi connectivity index (χ1) is 31.7. The molecule has 0 spiro atoms. The fourth-order valence-electron chi connectivity index (χ4n) is 8.57. The van der Waals surface area contributed by atoms with Crippen LogP contribution in [0, 0.1) is 0 Å². The van der Waals surface area contributed by atoms with Gasteiger partial charge in [-0.1, -0.05) is 152 Å². The minimum atomic E-state index is 0.553. The Bertz CT molecular complexity index is 3610. The Morgan fingerprint density at radius 3 is 1.41 bits per heavy atom. The molecule has 9 aromatic carbocycles. The van der Waals surface area contributed by atoms with Crippen molar-refractivity contribution in [2.75, 3.05) is 0 Å². The van der Waals surface area contributed by atoms with Gasteiger partial charge in [0.1, 0.15) is 16.7 Å². The average molecular weight is 821 g/mol. The summed E-state index contributed by atoms with van der Waals surface area (Å²) >= 11 is 0. The Balaban J connectivity index is 0.994. The highest BCUT2D eigenvalue weighted by Crippen LogP contribution is 2.38. The number of furan rings is 1. The molecule has 3 aromatic heterocycles. The number of rotatable bonds is 8. The maximum absolute atomic E-state index is 6.34. The lowest BCUT2D eigenvalue weighted by molar-refractivity contribution is 0.620. The molecule has 0 saturated heterocycles. The third-order valence-corrected chi connectivity index (χ3v) is 11.7. The molecule has 0 N–H and O–H groups in total. The number of oxazole rings is 1. The summed E-state index contributed by atoms with van der Waals surface area (Å²) < 4.78 is 12.6. The van der Waals surface area contributed by atoms with E-state index in [4.69, 9.17) is 28.8 Å². The van der Waals surface area contributed by atoms with Crippen LogP contribution in [0.15, 0.2) is 227 Å². The topological polar surface area (TPSA) is 77.8 Å². The highest BCUT2D eigenvalue weighted by molar-refractivity contribution is 6.05. The summed E-state index contributed by atoms with van der Waals surface area (Å²) in [5.41, 5.74) is 15.2. The van der Waals surface area contributed by atoms with E-state index in [2.05, 4.69) is 140 Å². The average Bonchev–Trinajstić information content (AvgIpc) is 3.99. The number of benzene rings is 9. The summed E-state index contributed by atoms with van der Waals surface area (Å²) in [4.78, 5) is 20.6. The summed E-state index contributed by atoms with van der Waals surface area (Å²) in [6, 6.07) is 74.8. The molecule has 0 atom stereocenters. The van der Waals surface area contributed by atoms with Crippen LogP contribution in [0.25, 0.3) is 123 Å². The highest BCUT2D eigenvalue weighted by Gasteiger charge is 2.18. The minimum absolute atomic E-state index is 0.553. The first-order valence-electron chi connectivity index (χ1n) is 21.3. The second kappa shape index (κ2) is 15.6. The summed E-state index contributed by atoms with van der Waals surface area (Å²) in [6.45, 7) is 0. The van der Waals surface area contributed by atoms with Crippen LogP contribution in [-0.2, 0) is 0 Å². The Hall–Kier alpha value is -8.74. The molecule has 12 rings (SSSR count). The van der Waals surface area contributed by atoms with Gasteiger partial charge in [0.2, 0.25) is 5.89 Å². The Morgan fingerprint density at radius 1 is 0.250 bits per heavy atom. The molecule has 0 aliphatic heterocycles. The van der Waals surface area contributed by atoms with Crippen LogP contribution in [0.5, 0.6) is 0 Å². The van der Waals surface area contributed by atoms with Crippen molar-refractivity contribution in [2.24, 2.45) is 0 Å². The van der Waals surface area contributed by atoms with E-state index in [0.29, 0.717) is 23.4 Å². The van der Waals surface area contributed by atoms with E-state index in [-0.39, 0.29) is 0 Å². The molecule has 64 heavy (non-hydrogen) atoms. The second-order valence-electron chi connectivity index (χ2n) is 15.8. The number of para-hydroxylation sites is 2. The molecule has 0 unspecified atom stereocenters. The second-order valence-corrected chi connectivity index (χ2v) is 15.8. The van der Waals surface area contributed by atoms with Gasteiger partial charge in [-0.15, -0.1) is 0 Å². The predicted octanol–water partition coefficient (Wildman–Crippen LogP) is 15.2. The molecule has 0 saturated carbocycles. The van der Waals surface area contributed by atoms with Crippen LogP contribution in [-0.4, -0.2) is 19.9 Å². The lowest BCUT2D eigenvalue weighted by Gasteiger charge is -2.13. The molecule has 0 fully saturated rings. The first kappa shape index (κ1) is 37.1.